The summed E-state index contributed by atoms with van der Waals surface area (Å²) in [5.41, 5.74) is 7.37. The van der Waals surface area contributed by atoms with Gasteiger partial charge in [0.2, 0.25) is 5.91 Å². The van der Waals surface area contributed by atoms with Gasteiger partial charge in [0.05, 0.1) is 5.41 Å². The third-order valence-electron chi connectivity index (χ3n) is 3.98. The van der Waals surface area contributed by atoms with Gasteiger partial charge in [-0.25, -0.2) is 0 Å². The average molecular weight is 267 g/mol. The number of nitrogens with two attached hydrogens (primary N) is 1. The van der Waals surface area contributed by atoms with Gasteiger partial charge in [-0.3, -0.25) is 4.79 Å². The maximum atomic E-state index is 12.4. The number of benzene rings is 1. The fourth-order valence-electron chi connectivity index (χ4n) is 2.51. The highest BCUT2D eigenvalue weighted by molar-refractivity contribution is 6.30. The van der Waals surface area contributed by atoms with Gasteiger partial charge >= 0.3 is 0 Å². The molecule has 18 heavy (non-hydrogen) atoms. The van der Waals surface area contributed by atoms with Gasteiger partial charge in [-0.05, 0) is 50.5 Å². The van der Waals surface area contributed by atoms with Crippen molar-refractivity contribution in [1.29, 1.82) is 0 Å². The minimum absolute atomic E-state index is 0.0120. The Morgan fingerprint density at radius 1 is 1.56 bits per heavy atom. The van der Waals surface area contributed by atoms with Gasteiger partial charge in [-0.2, -0.15) is 0 Å². The van der Waals surface area contributed by atoms with E-state index in [0.717, 1.165) is 30.5 Å². The smallest absolute Gasteiger partial charge is 0.231 e. The molecule has 1 aliphatic rings. The zero-order chi connectivity index (χ0) is 13.3. The predicted octanol–water partition coefficient (Wildman–Crippen LogP) is 3.10. The highest BCUT2D eigenvalue weighted by atomic mass is 35.5. The monoisotopic (exact) mass is 266 g/mol. The number of nitrogens with one attached hydrogen (secondary N) is 1. The van der Waals surface area contributed by atoms with Crippen molar-refractivity contribution in [3.05, 3.63) is 28.8 Å². The van der Waals surface area contributed by atoms with Crippen LogP contribution in [0.15, 0.2) is 18.2 Å². The molecule has 0 aromatic heterocycles. The standard InChI is InChI=1S/C14H19ClN2O/c1-9-8-10(15)5-6-11(9)17-13(18)14(2)7-3-4-12(14)16/h5-6,8,12H,3-4,7,16H2,1-2H3,(H,17,18). The summed E-state index contributed by atoms with van der Waals surface area (Å²) in [6.45, 7) is 3.88. The number of aryl methyl sites for hydroxylation is 1. The molecule has 0 radical (unpaired) electrons. The van der Waals surface area contributed by atoms with Crippen LogP contribution in [0.3, 0.4) is 0 Å². The molecule has 98 valence electrons. The second kappa shape index (κ2) is 4.90. The van der Waals surface area contributed by atoms with E-state index in [-0.39, 0.29) is 11.9 Å². The third-order valence-corrected chi connectivity index (χ3v) is 4.22. The number of hydrogen-bond acceptors (Lipinski definition) is 2. The van der Waals surface area contributed by atoms with Crippen LogP contribution in [0.25, 0.3) is 0 Å². The first kappa shape index (κ1) is 13.4. The lowest BCUT2D eigenvalue weighted by atomic mass is 9.84. The van der Waals surface area contributed by atoms with Crippen molar-refractivity contribution in [2.45, 2.75) is 39.2 Å². The summed E-state index contributed by atoms with van der Waals surface area (Å²) in [4.78, 5) is 12.4. The maximum absolute atomic E-state index is 12.4. The molecule has 4 heteroatoms. The highest BCUT2D eigenvalue weighted by Crippen LogP contribution is 2.38. The Hall–Kier alpha value is -1.06. The summed E-state index contributed by atoms with van der Waals surface area (Å²) < 4.78 is 0. The fourth-order valence-corrected chi connectivity index (χ4v) is 2.73. The lowest BCUT2D eigenvalue weighted by molar-refractivity contribution is -0.125. The van der Waals surface area contributed by atoms with Crippen molar-refractivity contribution < 1.29 is 4.79 Å². The summed E-state index contributed by atoms with van der Waals surface area (Å²) in [5.74, 6) is 0.0120. The summed E-state index contributed by atoms with van der Waals surface area (Å²) in [7, 11) is 0. The summed E-state index contributed by atoms with van der Waals surface area (Å²) in [6, 6.07) is 5.40. The predicted molar refractivity (Wildman–Crippen MR) is 74.8 cm³/mol. The number of hydrogen-bond donors (Lipinski definition) is 2. The van der Waals surface area contributed by atoms with E-state index in [0.29, 0.717) is 5.02 Å². The average Bonchev–Trinajstić information content (AvgIpc) is 2.64. The van der Waals surface area contributed by atoms with Crippen LogP contribution in [0.2, 0.25) is 5.02 Å². The van der Waals surface area contributed by atoms with Crippen LogP contribution in [0, 0.1) is 12.3 Å². The van der Waals surface area contributed by atoms with Crippen molar-refractivity contribution in [2.75, 3.05) is 5.32 Å². The number of carbonyl (C=O) groups excluding carboxylic acids is 1. The van der Waals surface area contributed by atoms with Gasteiger partial charge in [0.15, 0.2) is 0 Å². The van der Waals surface area contributed by atoms with E-state index in [1.54, 1.807) is 6.07 Å². The fraction of sp³-hybridized carbons (Fsp3) is 0.500. The number of amides is 1. The minimum Gasteiger partial charge on any atom is -0.327 e. The molecule has 2 atom stereocenters. The van der Waals surface area contributed by atoms with Gasteiger partial charge in [0.25, 0.3) is 0 Å². The molecule has 0 spiro atoms. The largest absolute Gasteiger partial charge is 0.327 e. The van der Waals surface area contributed by atoms with E-state index in [1.807, 2.05) is 26.0 Å². The molecule has 0 bridgehead atoms. The van der Waals surface area contributed by atoms with E-state index in [1.165, 1.54) is 0 Å². The Kier molecular flexibility index (Phi) is 3.64. The van der Waals surface area contributed by atoms with Crippen LogP contribution < -0.4 is 11.1 Å². The topological polar surface area (TPSA) is 55.1 Å². The molecular weight excluding hydrogens is 248 g/mol. The van der Waals surface area contributed by atoms with Crippen LogP contribution in [0.1, 0.15) is 31.7 Å². The van der Waals surface area contributed by atoms with E-state index in [4.69, 9.17) is 17.3 Å². The summed E-state index contributed by atoms with van der Waals surface area (Å²) >= 11 is 5.90. The first-order chi connectivity index (χ1) is 8.43. The molecule has 3 N–H and O–H groups in total. The first-order valence-electron chi connectivity index (χ1n) is 6.26. The van der Waals surface area contributed by atoms with E-state index in [9.17, 15) is 4.79 Å². The van der Waals surface area contributed by atoms with Crippen LogP contribution in [-0.4, -0.2) is 11.9 Å². The Morgan fingerprint density at radius 2 is 2.28 bits per heavy atom. The Balaban J connectivity index is 2.16. The van der Waals surface area contributed by atoms with Crippen LogP contribution in [-0.2, 0) is 4.79 Å². The molecule has 0 heterocycles. The lowest BCUT2D eigenvalue weighted by Crippen LogP contribution is -2.44. The molecule has 1 aliphatic carbocycles. The van der Waals surface area contributed by atoms with E-state index in [2.05, 4.69) is 5.32 Å². The van der Waals surface area contributed by atoms with E-state index < -0.39 is 5.41 Å². The minimum atomic E-state index is -0.452. The third kappa shape index (κ3) is 2.38. The zero-order valence-corrected chi connectivity index (χ0v) is 11.6. The molecule has 1 saturated carbocycles. The van der Waals surface area contributed by atoms with Crippen LogP contribution in [0.4, 0.5) is 5.69 Å². The normalized spacial score (nSPS) is 27.2. The van der Waals surface area contributed by atoms with Crippen molar-refractivity contribution in [3.63, 3.8) is 0 Å². The molecule has 1 fully saturated rings. The second-order valence-electron chi connectivity index (χ2n) is 5.33. The number of carbonyl (C=O) groups is 1. The molecule has 3 nitrogen and oxygen atoms in total. The van der Waals surface area contributed by atoms with Gasteiger partial charge in [-0.15, -0.1) is 0 Å². The first-order valence-corrected chi connectivity index (χ1v) is 6.64. The summed E-state index contributed by atoms with van der Waals surface area (Å²) in [6.07, 6.45) is 2.79. The van der Waals surface area contributed by atoms with Crippen molar-refractivity contribution in [2.24, 2.45) is 11.1 Å². The van der Waals surface area contributed by atoms with Gasteiger partial charge < -0.3 is 11.1 Å². The van der Waals surface area contributed by atoms with Crippen LogP contribution in [0.5, 0.6) is 0 Å². The van der Waals surface area contributed by atoms with Crippen molar-refractivity contribution >= 4 is 23.2 Å². The van der Waals surface area contributed by atoms with Gasteiger partial charge in [-0.1, -0.05) is 18.0 Å². The highest BCUT2D eigenvalue weighted by Gasteiger charge is 2.42. The Morgan fingerprint density at radius 3 is 2.83 bits per heavy atom. The molecule has 1 amide bonds. The number of halogens is 1. The molecule has 1 aromatic carbocycles. The van der Waals surface area contributed by atoms with Crippen molar-refractivity contribution in [3.8, 4) is 0 Å². The maximum Gasteiger partial charge on any atom is 0.231 e. The van der Waals surface area contributed by atoms with E-state index >= 15 is 0 Å². The zero-order valence-electron chi connectivity index (χ0n) is 10.8. The lowest BCUT2D eigenvalue weighted by Gasteiger charge is -2.27. The molecule has 0 saturated heterocycles. The Labute approximate surface area is 113 Å². The summed E-state index contributed by atoms with van der Waals surface area (Å²) in [5, 5.41) is 3.65. The molecule has 1 aromatic rings. The van der Waals surface area contributed by atoms with Crippen molar-refractivity contribution in [1.82, 2.24) is 0 Å². The molecule has 0 aliphatic heterocycles. The molecular formula is C14H19ClN2O. The molecule has 2 unspecified atom stereocenters. The SMILES string of the molecule is Cc1cc(Cl)ccc1NC(=O)C1(C)CCCC1N. The van der Waals surface area contributed by atoms with Gasteiger partial charge in [0, 0.05) is 16.8 Å². The van der Waals surface area contributed by atoms with Crippen LogP contribution >= 0.6 is 11.6 Å². The Bertz CT molecular complexity index is 475. The van der Waals surface area contributed by atoms with Gasteiger partial charge in [0.1, 0.15) is 0 Å². The second-order valence-corrected chi connectivity index (χ2v) is 5.77. The number of rotatable bonds is 2. The number of anilines is 1. The molecule has 2 rings (SSSR count). The quantitative estimate of drug-likeness (QED) is 0.864.